The largest absolute Gasteiger partial charge is 0.238 e. The molecule has 0 fully saturated rings. The molecule has 3 nitrogen and oxygen atoms in total. The van der Waals surface area contributed by atoms with Crippen LogP contribution in [-0.2, 0) is 10.0 Å². The molecule has 0 aromatic heterocycles. The van der Waals surface area contributed by atoms with E-state index < -0.39 is 10.0 Å². The van der Waals surface area contributed by atoms with Crippen molar-refractivity contribution in [3.05, 3.63) is 48.0 Å². The van der Waals surface area contributed by atoms with Gasteiger partial charge in [-0.15, -0.1) is 11.8 Å². The van der Waals surface area contributed by atoms with Crippen molar-refractivity contribution in [2.24, 2.45) is 5.14 Å². The lowest BCUT2D eigenvalue weighted by Crippen LogP contribution is -2.14. The molecule has 0 aliphatic heterocycles. The number of rotatable bonds is 3. The molecular formula is C14H15NO2S2. The quantitative estimate of drug-likeness (QED) is 0.885. The monoisotopic (exact) mass is 293 g/mol. The zero-order chi connectivity index (χ0) is 14.0. The molecule has 2 aromatic carbocycles. The van der Waals surface area contributed by atoms with Gasteiger partial charge in [0.2, 0.25) is 10.0 Å². The van der Waals surface area contributed by atoms with Gasteiger partial charge in [-0.25, -0.2) is 13.6 Å². The fourth-order valence-electron chi connectivity index (χ4n) is 2.05. The SMILES string of the molecule is CSc1c(C)ccc(S(N)(=O)=O)c1-c1ccccc1. The van der Waals surface area contributed by atoms with E-state index in [2.05, 4.69) is 0 Å². The van der Waals surface area contributed by atoms with Gasteiger partial charge in [0.15, 0.2) is 0 Å². The van der Waals surface area contributed by atoms with Crippen LogP contribution in [0.1, 0.15) is 5.56 Å². The molecule has 0 aliphatic carbocycles. The highest BCUT2D eigenvalue weighted by Gasteiger charge is 2.19. The number of thioether (sulfide) groups is 1. The van der Waals surface area contributed by atoms with E-state index in [-0.39, 0.29) is 4.90 Å². The molecule has 19 heavy (non-hydrogen) atoms. The van der Waals surface area contributed by atoms with Gasteiger partial charge in [-0.1, -0.05) is 36.4 Å². The summed E-state index contributed by atoms with van der Waals surface area (Å²) in [7, 11) is -3.74. The minimum atomic E-state index is -3.74. The molecule has 100 valence electrons. The Labute approximate surface area is 117 Å². The number of hydrogen-bond acceptors (Lipinski definition) is 3. The number of benzene rings is 2. The van der Waals surface area contributed by atoms with E-state index in [1.165, 1.54) is 11.8 Å². The second-order valence-electron chi connectivity index (χ2n) is 4.20. The zero-order valence-electron chi connectivity index (χ0n) is 10.8. The molecule has 0 bridgehead atoms. The first-order valence-corrected chi connectivity index (χ1v) is 8.48. The Hall–Kier alpha value is -1.30. The summed E-state index contributed by atoms with van der Waals surface area (Å²) in [5.74, 6) is 0. The normalized spacial score (nSPS) is 11.5. The molecule has 0 unspecified atom stereocenters. The van der Waals surface area contributed by atoms with E-state index in [0.717, 1.165) is 16.0 Å². The third-order valence-corrected chi connectivity index (χ3v) is 4.78. The van der Waals surface area contributed by atoms with E-state index in [9.17, 15) is 8.42 Å². The van der Waals surface area contributed by atoms with Crippen molar-refractivity contribution in [1.29, 1.82) is 0 Å². The summed E-state index contributed by atoms with van der Waals surface area (Å²) in [6.07, 6.45) is 1.93. The second kappa shape index (κ2) is 5.36. The minimum Gasteiger partial charge on any atom is -0.225 e. The van der Waals surface area contributed by atoms with Crippen molar-refractivity contribution in [1.82, 2.24) is 0 Å². The number of sulfonamides is 1. The van der Waals surface area contributed by atoms with Crippen LogP contribution < -0.4 is 5.14 Å². The van der Waals surface area contributed by atoms with Crippen molar-refractivity contribution >= 4 is 21.8 Å². The Morgan fingerprint density at radius 2 is 1.68 bits per heavy atom. The van der Waals surface area contributed by atoms with Crippen LogP contribution in [0, 0.1) is 6.92 Å². The fourth-order valence-corrected chi connectivity index (χ4v) is 3.70. The minimum absolute atomic E-state index is 0.175. The molecule has 0 atom stereocenters. The van der Waals surface area contributed by atoms with Gasteiger partial charge in [0.05, 0.1) is 4.90 Å². The number of hydrogen-bond donors (Lipinski definition) is 1. The van der Waals surface area contributed by atoms with Gasteiger partial charge in [-0.05, 0) is 30.4 Å². The summed E-state index contributed by atoms with van der Waals surface area (Å²) in [6.45, 7) is 1.96. The van der Waals surface area contributed by atoms with E-state index in [4.69, 9.17) is 5.14 Å². The summed E-state index contributed by atoms with van der Waals surface area (Å²) < 4.78 is 23.5. The van der Waals surface area contributed by atoms with Crippen molar-refractivity contribution in [3.63, 3.8) is 0 Å². The van der Waals surface area contributed by atoms with Crippen LogP contribution >= 0.6 is 11.8 Å². The highest BCUT2D eigenvalue weighted by molar-refractivity contribution is 7.98. The molecular weight excluding hydrogens is 278 g/mol. The molecule has 0 radical (unpaired) electrons. The third kappa shape index (κ3) is 2.83. The first-order valence-electron chi connectivity index (χ1n) is 5.71. The zero-order valence-corrected chi connectivity index (χ0v) is 12.4. The summed E-state index contributed by atoms with van der Waals surface area (Å²) in [6, 6.07) is 12.8. The van der Waals surface area contributed by atoms with Crippen molar-refractivity contribution < 1.29 is 8.42 Å². The van der Waals surface area contributed by atoms with Gasteiger partial charge in [0.25, 0.3) is 0 Å². The predicted octanol–water partition coefficient (Wildman–Crippen LogP) is 3.03. The summed E-state index contributed by atoms with van der Waals surface area (Å²) in [5.41, 5.74) is 2.59. The maximum absolute atomic E-state index is 11.8. The van der Waals surface area contributed by atoms with Gasteiger partial charge in [-0.3, -0.25) is 0 Å². The van der Waals surface area contributed by atoms with Crippen LogP contribution in [0.4, 0.5) is 0 Å². The van der Waals surface area contributed by atoms with Crippen LogP contribution in [0.5, 0.6) is 0 Å². The lowest BCUT2D eigenvalue weighted by Gasteiger charge is -2.15. The number of primary sulfonamides is 1. The molecule has 2 N–H and O–H groups in total. The van der Waals surface area contributed by atoms with E-state index in [1.54, 1.807) is 12.1 Å². The van der Waals surface area contributed by atoms with Gasteiger partial charge < -0.3 is 0 Å². The average molecular weight is 293 g/mol. The molecule has 0 aliphatic rings. The molecule has 0 saturated carbocycles. The Bertz CT molecular complexity index is 695. The summed E-state index contributed by atoms with van der Waals surface area (Å²) in [4.78, 5) is 1.12. The highest BCUT2D eigenvalue weighted by atomic mass is 32.2. The molecule has 0 spiro atoms. The number of nitrogens with two attached hydrogens (primary N) is 1. The van der Waals surface area contributed by atoms with Crippen molar-refractivity contribution in [2.45, 2.75) is 16.7 Å². The Morgan fingerprint density at radius 1 is 1.05 bits per heavy atom. The average Bonchev–Trinajstić information content (AvgIpc) is 2.38. The molecule has 5 heteroatoms. The standard InChI is InChI=1S/C14H15NO2S2/c1-10-8-9-12(19(15,16)17)13(14(10)18-2)11-6-4-3-5-7-11/h3-9H,1-2H3,(H2,15,16,17). The van der Waals surface area contributed by atoms with Crippen LogP contribution in [0.15, 0.2) is 52.3 Å². The van der Waals surface area contributed by atoms with E-state index in [0.29, 0.717) is 5.56 Å². The lowest BCUT2D eigenvalue weighted by molar-refractivity contribution is 0.598. The third-order valence-electron chi connectivity index (χ3n) is 2.89. The predicted molar refractivity (Wildman–Crippen MR) is 79.8 cm³/mol. The molecule has 2 rings (SSSR count). The Morgan fingerprint density at radius 3 is 2.21 bits per heavy atom. The Balaban J connectivity index is 2.86. The first kappa shape index (κ1) is 14.1. The van der Waals surface area contributed by atoms with E-state index in [1.807, 2.05) is 43.5 Å². The smallest absolute Gasteiger partial charge is 0.225 e. The second-order valence-corrected chi connectivity index (χ2v) is 6.55. The van der Waals surface area contributed by atoms with Crippen LogP contribution in [-0.4, -0.2) is 14.7 Å². The van der Waals surface area contributed by atoms with Crippen molar-refractivity contribution in [2.75, 3.05) is 6.26 Å². The van der Waals surface area contributed by atoms with E-state index >= 15 is 0 Å². The maximum atomic E-state index is 11.8. The fraction of sp³-hybridized carbons (Fsp3) is 0.143. The van der Waals surface area contributed by atoms with Gasteiger partial charge in [-0.2, -0.15) is 0 Å². The topological polar surface area (TPSA) is 60.2 Å². The van der Waals surface area contributed by atoms with Crippen LogP contribution in [0.3, 0.4) is 0 Å². The highest BCUT2D eigenvalue weighted by Crippen LogP contribution is 2.37. The maximum Gasteiger partial charge on any atom is 0.238 e. The first-order chi connectivity index (χ1) is 8.95. The molecule has 0 saturated heterocycles. The molecule has 2 aromatic rings. The van der Waals surface area contributed by atoms with Crippen LogP contribution in [0.2, 0.25) is 0 Å². The Kier molecular flexibility index (Phi) is 3.99. The molecule has 0 heterocycles. The summed E-state index contributed by atoms with van der Waals surface area (Å²) in [5, 5.41) is 5.33. The van der Waals surface area contributed by atoms with Gasteiger partial charge >= 0.3 is 0 Å². The summed E-state index contributed by atoms with van der Waals surface area (Å²) >= 11 is 1.53. The van der Waals surface area contributed by atoms with Crippen LogP contribution in [0.25, 0.3) is 11.1 Å². The van der Waals surface area contributed by atoms with Gasteiger partial charge in [0.1, 0.15) is 0 Å². The lowest BCUT2D eigenvalue weighted by atomic mass is 10.0. The molecule has 0 amide bonds. The van der Waals surface area contributed by atoms with Gasteiger partial charge in [0, 0.05) is 10.5 Å². The number of aryl methyl sites for hydroxylation is 1. The van der Waals surface area contributed by atoms with Crippen molar-refractivity contribution in [3.8, 4) is 11.1 Å².